The van der Waals surface area contributed by atoms with Crippen LogP contribution in [0.3, 0.4) is 0 Å². The van der Waals surface area contributed by atoms with Crippen molar-refractivity contribution in [2.24, 2.45) is 0 Å². The maximum Gasteiger partial charge on any atom is 0.408 e. The molecule has 1 aromatic heterocycles. The van der Waals surface area contributed by atoms with Crippen molar-refractivity contribution in [1.82, 2.24) is 4.90 Å². The summed E-state index contributed by atoms with van der Waals surface area (Å²) < 4.78 is 61.0. The number of hydrogen-bond donors (Lipinski definition) is 0. The van der Waals surface area contributed by atoms with Crippen LogP contribution < -0.4 is 0 Å². The summed E-state index contributed by atoms with van der Waals surface area (Å²) in [6.45, 7) is 0.0368. The van der Waals surface area contributed by atoms with E-state index in [-0.39, 0.29) is 22.1 Å². The molecule has 20 heavy (non-hydrogen) atoms. The van der Waals surface area contributed by atoms with Crippen LogP contribution in [0, 0.1) is 0 Å². The van der Waals surface area contributed by atoms with Crippen LogP contribution in [-0.4, -0.2) is 44.2 Å². The molecule has 0 saturated carbocycles. The van der Waals surface area contributed by atoms with E-state index in [1.165, 1.54) is 12.1 Å². The van der Waals surface area contributed by atoms with Crippen molar-refractivity contribution < 1.29 is 26.4 Å². The van der Waals surface area contributed by atoms with E-state index >= 15 is 0 Å². The third kappa shape index (κ3) is 2.98. The molecule has 1 saturated heterocycles. The van der Waals surface area contributed by atoms with Gasteiger partial charge in [-0.3, -0.25) is 4.79 Å². The number of rotatable bonds is 2. The van der Waals surface area contributed by atoms with Crippen LogP contribution in [0.4, 0.5) is 13.2 Å². The molecule has 1 atom stereocenters. The standard InChI is InChI=1S/C11H12F3NO3S2/c1-20(17,18)9-5-4-7(19-9)10(16)15-6-2-3-8(15)11(12,13)14/h4-5,8H,2-3,6H2,1H3/t8-/m0/s1. The van der Waals surface area contributed by atoms with Crippen LogP contribution in [0.1, 0.15) is 22.5 Å². The molecule has 1 amide bonds. The Hall–Kier alpha value is -1.09. The molecular weight excluding hydrogens is 315 g/mol. The van der Waals surface area contributed by atoms with E-state index in [0.29, 0.717) is 17.8 Å². The van der Waals surface area contributed by atoms with Crippen LogP contribution in [0.25, 0.3) is 0 Å². The minimum atomic E-state index is -4.46. The first-order valence-electron chi connectivity index (χ1n) is 5.78. The van der Waals surface area contributed by atoms with E-state index in [1.807, 2.05) is 0 Å². The molecule has 1 fully saturated rings. The monoisotopic (exact) mass is 327 g/mol. The summed E-state index contributed by atoms with van der Waals surface area (Å²) in [6, 6.07) is 0.722. The van der Waals surface area contributed by atoms with Gasteiger partial charge in [0.1, 0.15) is 10.3 Å². The van der Waals surface area contributed by atoms with Gasteiger partial charge in [0.25, 0.3) is 5.91 Å². The molecule has 1 aliphatic heterocycles. The highest BCUT2D eigenvalue weighted by atomic mass is 32.2. The van der Waals surface area contributed by atoms with Gasteiger partial charge >= 0.3 is 6.18 Å². The molecule has 2 rings (SSSR count). The number of likely N-dealkylation sites (tertiary alicyclic amines) is 1. The molecular formula is C11H12F3NO3S2. The van der Waals surface area contributed by atoms with Gasteiger partial charge < -0.3 is 4.90 Å². The SMILES string of the molecule is CS(=O)(=O)c1ccc(C(=O)N2CCC[C@H]2C(F)(F)F)s1. The molecule has 1 aliphatic rings. The molecule has 9 heteroatoms. The minimum Gasteiger partial charge on any atom is -0.326 e. The summed E-state index contributed by atoms with van der Waals surface area (Å²) in [5.74, 6) is -0.760. The number of nitrogens with zero attached hydrogens (tertiary/aromatic N) is 1. The summed E-state index contributed by atoms with van der Waals surface area (Å²) >= 11 is 0.701. The zero-order valence-corrected chi connectivity index (χ0v) is 12.1. The van der Waals surface area contributed by atoms with Gasteiger partial charge in [0.05, 0.1) is 4.88 Å². The van der Waals surface area contributed by atoms with Crippen LogP contribution >= 0.6 is 11.3 Å². The number of hydrogen-bond acceptors (Lipinski definition) is 4. The largest absolute Gasteiger partial charge is 0.408 e. The third-order valence-corrected chi connectivity index (χ3v) is 5.94. The number of sulfone groups is 1. The van der Waals surface area contributed by atoms with Gasteiger partial charge in [-0.2, -0.15) is 13.2 Å². The van der Waals surface area contributed by atoms with Gasteiger partial charge in [0.2, 0.25) is 0 Å². The Morgan fingerprint density at radius 1 is 1.40 bits per heavy atom. The average Bonchev–Trinajstić information content (AvgIpc) is 2.95. The van der Waals surface area contributed by atoms with Gasteiger partial charge in [-0.1, -0.05) is 0 Å². The molecule has 4 nitrogen and oxygen atoms in total. The molecule has 0 N–H and O–H groups in total. The fourth-order valence-corrected chi connectivity index (χ4v) is 4.01. The molecule has 0 radical (unpaired) electrons. The predicted octanol–water partition coefficient (Wildman–Crippen LogP) is 2.32. The second kappa shape index (κ2) is 5.03. The Morgan fingerprint density at radius 2 is 2.05 bits per heavy atom. The van der Waals surface area contributed by atoms with Crippen molar-refractivity contribution in [1.29, 1.82) is 0 Å². The van der Waals surface area contributed by atoms with Crippen molar-refractivity contribution in [3.8, 4) is 0 Å². The normalized spacial score (nSPS) is 20.4. The lowest BCUT2D eigenvalue weighted by molar-refractivity contribution is -0.169. The summed E-state index contributed by atoms with van der Waals surface area (Å²) in [5, 5.41) is 0. The van der Waals surface area contributed by atoms with E-state index in [0.717, 1.165) is 11.2 Å². The number of alkyl halides is 3. The first kappa shape index (κ1) is 15.3. The molecule has 0 spiro atoms. The number of amides is 1. The maximum absolute atomic E-state index is 12.8. The highest BCUT2D eigenvalue weighted by molar-refractivity contribution is 7.92. The van der Waals surface area contributed by atoms with Crippen LogP contribution in [0.5, 0.6) is 0 Å². The van der Waals surface area contributed by atoms with E-state index in [4.69, 9.17) is 0 Å². The smallest absolute Gasteiger partial charge is 0.326 e. The van der Waals surface area contributed by atoms with Gasteiger partial charge in [-0.25, -0.2) is 8.42 Å². The number of halogens is 3. The lowest BCUT2D eigenvalue weighted by Gasteiger charge is -2.26. The fraction of sp³-hybridized carbons (Fsp3) is 0.545. The molecule has 112 valence electrons. The molecule has 0 bridgehead atoms. The quantitative estimate of drug-likeness (QED) is 0.838. The lowest BCUT2D eigenvalue weighted by atomic mass is 10.2. The van der Waals surface area contributed by atoms with Crippen LogP contribution in [-0.2, 0) is 9.84 Å². The Labute approximate surface area is 118 Å². The topological polar surface area (TPSA) is 54.5 Å². The average molecular weight is 327 g/mol. The number of carbonyl (C=O) groups excluding carboxylic acids is 1. The van der Waals surface area contributed by atoms with Crippen molar-refractivity contribution >= 4 is 27.1 Å². The fourth-order valence-electron chi connectivity index (χ4n) is 2.13. The molecule has 0 aliphatic carbocycles. The van der Waals surface area contributed by atoms with Gasteiger partial charge in [0.15, 0.2) is 9.84 Å². The molecule has 1 aromatic rings. The van der Waals surface area contributed by atoms with Crippen LogP contribution in [0.15, 0.2) is 16.3 Å². The molecule has 0 aromatic carbocycles. The predicted molar refractivity (Wildman–Crippen MR) is 67.5 cm³/mol. The number of carbonyl (C=O) groups is 1. The summed E-state index contributed by atoms with van der Waals surface area (Å²) in [4.78, 5) is 12.9. The maximum atomic E-state index is 12.8. The van der Waals surface area contributed by atoms with Crippen molar-refractivity contribution in [2.75, 3.05) is 12.8 Å². The second-order valence-corrected chi connectivity index (χ2v) is 7.92. The Balaban J connectivity index is 2.25. The van der Waals surface area contributed by atoms with Crippen LogP contribution in [0.2, 0.25) is 0 Å². The van der Waals surface area contributed by atoms with Crippen molar-refractivity contribution in [2.45, 2.75) is 29.3 Å². The Kier molecular flexibility index (Phi) is 3.85. The van der Waals surface area contributed by atoms with Crippen molar-refractivity contribution in [3.63, 3.8) is 0 Å². The van der Waals surface area contributed by atoms with E-state index in [9.17, 15) is 26.4 Å². The van der Waals surface area contributed by atoms with Crippen molar-refractivity contribution in [3.05, 3.63) is 17.0 Å². The third-order valence-electron chi connectivity index (χ3n) is 3.05. The highest BCUT2D eigenvalue weighted by Crippen LogP contribution is 2.34. The van der Waals surface area contributed by atoms with E-state index in [2.05, 4.69) is 0 Å². The first-order valence-corrected chi connectivity index (χ1v) is 8.49. The Morgan fingerprint density at radius 3 is 2.55 bits per heavy atom. The van der Waals surface area contributed by atoms with E-state index in [1.54, 1.807) is 0 Å². The summed E-state index contributed by atoms with van der Waals surface area (Å²) in [6.07, 6.45) is -3.29. The highest BCUT2D eigenvalue weighted by Gasteiger charge is 2.48. The number of thiophene rings is 1. The second-order valence-electron chi connectivity index (χ2n) is 4.59. The zero-order valence-electron chi connectivity index (χ0n) is 10.5. The van der Waals surface area contributed by atoms with Gasteiger partial charge in [-0.05, 0) is 25.0 Å². The van der Waals surface area contributed by atoms with E-state index < -0.39 is 28.0 Å². The molecule has 2 heterocycles. The minimum absolute atomic E-state index is 0.0153. The molecule has 0 unspecified atom stereocenters. The van der Waals surface area contributed by atoms with Gasteiger partial charge in [0, 0.05) is 12.8 Å². The lowest BCUT2D eigenvalue weighted by Crippen LogP contribution is -2.44. The summed E-state index contributed by atoms with van der Waals surface area (Å²) in [7, 11) is -3.46. The Bertz CT molecular complexity index is 621. The first-order chi connectivity index (χ1) is 9.10. The van der Waals surface area contributed by atoms with Gasteiger partial charge in [-0.15, -0.1) is 11.3 Å². The summed E-state index contributed by atoms with van der Waals surface area (Å²) in [5.41, 5.74) is 0. The zero-order chi connectivity index (χ0) is 15.1.